The molecule has 0 amide bonds. The lowest BCUT2D eigenvalue weighted by atomic mass is 10.3. The van der Waals surface area contributed by atoms with Gasteiger partial charge in [0.15, 0.2) is 5.69 Å². The van der Waals surface area contributed by atoms with Gasteiger partial charge in [0, 0.05) is 0 Å². The Balaban J connectivity index is 2.51. The van der Waals surface area contributed by atoms with E-state index in [4.69, 9.17) is 10.5 Å². The van der Waals surface area contributed by atoms with Crippen LogP contribution in [0, 0.1) is 11.6 Å². The van der Waals surface area contributed by atoms with Gasteiger partial charge in [-0.1, -0.05) is 6.07 Å². The highest BCUT2D eigenvalue weighted by Gasteiger charge is 2.20. The zero-order valence-corrected chi connectivity index (χ0v) is 10.1. The number of nitrogens with zero attached hydrogens (tertiary/aromatic N) is 2. The van der Waals surface area contributed by atoms with Gasteiger partial charge < -0.3 is 10.5 Å². The Morgan fingerprint density at radius 3 is 2.63 bits per heavy atom. The lowest BCUT2D eigenvalue weighted by Crippen LogP contribution is -2.10. The first kappa shape index (κ1) is 13.0. The number of para-hydroxylation sites is 1. The SMILES string of the molecule is CCOC(=O)c1ncn(-c2c(F)cccc2F)c1N. The van der Waals surface area contributed by atoms with Gasteiger partial charge in [0.05, 0.1) is 6.61 Å². The number of imidazole rings is 1. The van der Waals surface area contributed by atoms with Crippen LogP contribution in [0.2, 0.25) is 0 Å². The Kier molecular flexibility index (Phi) is 3.46. The van der Waals surface area contributed by atoms with E-state index in [0.717, 1.165) is 23.0 Å². The third-order valence-electron chi connectivity index (χ3n) is 2.45. The third kappa shape index (κ3) is 2.26. The second kappa shape index (κ2) is 5.05. The minimum atomic E-state index is -0.806. The van der Waals surface area contributed by atoms with Gasteiger partial charge in [-0.3, -0.25) is 4.57 Å². The maximum Gasteiger partial charge on any atom is 0.360 e. The van der Waals surface area contributed by atoms with Gasteiger partial charge in [-0.15, -0.1) is 0 Å². The zero-order chi connectivity index (χ0) is 14.0. The van der Waals surface area contributed by atoms with E-state index in [1.807, 2.05) is 0 Å². The van der Waals surface area contributed by atoms with Crippen LogP contribution in [0.3, 0.4) is 0 Å². The summed E-state index contributed by atoms with van der Waals surface area (Å²) in [5.41, 5.74) is 5.11. The molecule has 0 spiro atoms. The molecule has 1 aromatic heterocycles. The Bertz CT molecular complexity index is 605. The van der Waals surface area contributed by atoms with E-state index >= 15 is 0 Å². The number of anilines is 1. The number of carbonyl (C=O) groups excluding carboxylic acids is 1. The van der Waals surface area contributed by atoms with Gasteiger partial charge in [0.25, 0.3) is 0 Å². The smallest absolute Gasteiger partial charge is 0.360 e. The van der Waals surface area contributed by atoms with Crippen LogP contribution in [0.15, 0.2) is 24.5 Å². The minimum absolute atomic E-state index is 0.152. The molecule has 1 aromatic carbocycles. The number of esters is 1. The molecule has 0 aliphatic rings. The summed E-state index contributed by atoms with van der Waals surface area (Å²) < 4.78 is 32.9. The van der Waals surface area contributed by atoms with Crippen molar-refractivity contribution in [1.29, 1.82) is 0 Å². The van der Waals surface area contributed by atoms with E-state index < -0.39 is 17.6 Å². The lowest BCUT2D eigenvalue weighted by molar-refractivity contribution is 0.0521. The highest BCUT2D eigenvalue weighted by Crippen LogP contribution is 2.22. The summed E-state index contributed by atoms with van der Waals surface area (Å²) in [5.74, 6) is -2.53. The number of hydrogen-bond acceptors (Lipinski definition) is 4. The summed E-state index contributed by atoms with van der Waals surface area (Å²) in [4.78, 5) is 15.2. The number of ether oxygens (including phenoxy) is 1. The van der Waals surface area contributed by atoms with Crippen molar-refractivity contribution in [3.8, 4) is 5.69 Å². The fraction of sp³-hybridized carbons (Fsp3) is 0.167. The number of rotatable bonds is 3. The lowest BCUT2D eigenvalue weighted by Gasteiger charge is -2.07. The second-order valence-electron chi connectivity index (χ2n) is 3.64. The molecule has 0 radical (unpaired) electrons. The largest absolute Gasteiger partial charge is 0.461 e. The first-order chi connectivity index (χ1) is 9.06. The molecule has 0 bridgehead atoms. The molecule has 0 fully saturated rings. The Hall–Kier alpha value is -2.44. The molecular weight excluding hydrogens is 256 g/mol. The average molecular weight is 267 g/mol. The molecule has 2 rings (SSSR count). The van der Waals surface area contributed by atoms with Crippen molar-refractivity contribution in [3.63, 3.8) is 0 Å². The standard InChI is InChI=1S/C12H11F2N3O2/c1-2-19-12(18)9-11(15)17(6-16-9)10-7(13)4-3-5-8(10)14/h3-6H,2,15H2,1H3. The van der Waals surface area contributed by atoms with Gasteiger partial charge in [-0.2, -0.15) is 0 Å². The number of carbonyl (C=O) groups is 1. The number of aromatic nitrogens is 2. The topological polar surface area (TPSA) is 70.1 Å². The fourth-order valence-electron chi connectivity index (χ4n) is 1.61. The fourth-order valence-corrected chi connectivity index (χ4v) is 1.61. The van der Waals surface area contributed by atoms with Crippen molar-refractivity contribution in [1.82, 2.24) is 9.55 Å². The predicted molar refractivity (Wildman–Crippen MR) is 63.8 cm³/mol. The van der Waals surface area contributed by atoms with Gasteiger partial charge in [-0.25, -0.2) is 18.6 Å². The van der Waals surface area contributed by atoms with Gasteiger partial charge in [-0.05, 0) is 19.1 Å². The van der Waals surface area contributed by atoms with E-state index in [-0.39, 0.29) is 23.8 Å². The Morgan fingerprint density at radius 2 is 2.05 bits per heavy atom. The molecule has 0 aliphatic heterocycles. The van der Waals surface area contributed by atoms with E-state index in [2.05, 4.69) is 4.98 Å². The monoisotopic (exact) mass is 267 g/mol. The quantitative estimate of drug-likeness (QED) is 0.862. The van der Waals surface area contributed by atoms with Crippen LogP contribution in [0.4, 0.5) is 14.6 Å². The molecule has 0 unspecified atom stereocenters. The molecule has 1 heterocycles. The van der Waals surface area contributed by atoms with E-state index in [9.17, 15) is 13.6 Å². The second-order valence-corrected chi connectivity index (χ2v) is 3.64. The Labute approximate surface area is 107 Å². The molecule has 100 valence electrons. The normalized spacial score (nSPS) is 10.5. The summed E-state index contributed by atoms with van der Waals surface area (Å²) in [5, 5.41) is 0. The molecule has 0 saturated carbocycles. The number of nitrogens with two attached hydrogens (primary N) is 1. The molecule has 0 saturated heterocycles. The minimum Gasteiger partial charge on any atom is -0.461 e. The van der Waals surface area contributed by atoms with Crippen LogP contribution < -0.4 is 5.73 Å². The van der Waals surface area contributed by atoms with Crippen molar-refractivity contribution in [2.24, 2.45) is 0 Å². The van der Waals surface area contributed by atoms with Gasteiger partial charge in [0.1, 0.15) is 29.5 Å². The summed E-state index contributed by atoms with van der Waals surface area (Å²) in [6, 6.07) is 3.40. The van der Waals surface area contributed by atoms with Crippen LogP contribution in [0.1, 0.15) is 17.4 Å². The van der Waals surface area contributed by atoms with Crippen LogP contribution in [-0.2, 0) is 4.74 Å². The first-order valence-electron chi connectivity index (χ1n) is 5.50. The summed E-state index contributed by atoms with van der Waals surface area (Å²) in [7, 11) is 0. The highest BCUT2D eigenvalue weighted by atomic mass is 19.1. The number of halogens is 2. The van der Waals surface area contributed by atoms with Crippen LogP contribution in [-0.4, -0.2) is 22.1 Å². The predicted octanol–water partition coefficient (Wildman–Crippen LogP) is 1.91. The highest BCUT2D eigenvalue weighted by molar-refractivity contribution is 5.92. The maximum atomic E-state index is 13.6. The number of benzene rings is 1. The van der Waals surface area contributed by atoms with E-state index in [1.165, 1.54) is 6.07 Å². The summed E-state index contributed by atoms with van der Waals surface area (Å²) in [6.07, 6.45) is 1.07. The van der Waals surface area contributed by atoms with Crippen molar-refractivity contribution < 1.29 is 18.3 Å². The van der Waals surface area contributed by atoms with Crippen molar-refractivity contribution in [2.75, 3.05) is 12.3 Å². The number of nitrogen functional groups attached to an aromatic ring is 1. The maximum absolute atomic E-state index is 13.6. The summed E-state index contributed by atoms with van der Waals surface area (Å²) >= 11 is 0. The summed E-state index contributed by atoms with van der Waals surface area (Å²) in [6.45, 7) is 1.78. The van der Waals surface area contributed by atoms with Crippen molar-refractivity contribution >= 4 is 11.8 Å². The number of hydrogen-bond donors (Lipinski definition) is 1. The molecule has 2 N–H and O–H groups in total. The Morgan fingerprint density at radius 1 is 1.42 bits per heavy atom. The third-order valence-corrected chi connectivity index (χ3v) is 2.45. The van der Waals surface area contributed by atoms with E-state index in [1.54, 1.807) is 6.92 Å². The molecule has 2 aromatic rings. The molecule has 0 atom stereocenters. The average Bonchev–Trinajstić information content (AvgIpc) is 2.72. The molecule has 7 heteroatoms. The van der Waals surface area contributed by atoms with Crippen molar-refractivity contribution in [2.45, 2.75) is 6.92 Å². The molecule has 19 heavy (non-hydrogen) atoms. The van der Waals surface area contributed by atoms with Crippen LogP contribution >= 0.6 is 0 Å². The molecule has 0 aliphatic carbocycles. The van der Waals surface area contributed by atoms with Gasteiger partial charge in [0.2, 0.25) is 0 Å². The zero-order valence-electron chi connectivity index (χ0n) is 10.1. The van der Waals surface area contributed by atoms with Crippen LogP contribution in [0.5, 0.6) is 0 Å². The molecule has 5 nitrogen and oxygen atoms in total. The van der Waals surface area contributed by atoms with E-state index in [0.29, 0.717) is 0 Å². The molecular formula is C12H11F2N3O2. The van der Waals surface area contributed by atoms with Crippen molar-refractivity contribution in [3.05, 3.63) is 41.9 Å². The van der Waals surface area contributed by atoms with Gasteiger partial charge >= 0.3 is 5.97 Å². The first-order valence-corrected chi connectivity index (χ1v) is 5.50. The van der Waals surface area contributed by atoms with Crippen LogP contribution in [0.25, 0.3) is 5.69 Å².